The summed E-state index contributed by atoms with van der Waals surface area (Å²) in [6.07, 6.45) is 2.25. The first-order valence-corrected chi connectivity index (χ1v) is 4.50. The second-order valence-corrected chi connectivity index (χ2v) is 3.37. The van der Waals surface area contributed by atoms with E-state index in [1.807, 2.05) is 13.8 Å². The van der Waals surface area contributed by atoms with Gasteiger partial charge in [0, 0.05) is 23.9 Å². The fourth-order valence-corrected chi connectivity index (χ4v) is 1.18. The molecule has 0 saturated carbocycles. The lowest BCUT2D eigenvalue weighted by molar-refractivity contribution is 0.106. The Morgan fingerprint density at radius 1 is 1.53 bits per heavy atom. The van der Waals surface area contributed by atoms with Crippen LogP contribution in [0.5, 0.6) is 0 Å². The summed E-state index contributed by atoms with van der Waals surface area (Å²) in [6.45, 7) is 3.69. The molecule has 0 unspecified atom stereocenters. The molecule has 0 radical (unpaired) electrons. The van der Waals surface area contributed by atoms with Crippen LogP contribution in [0.15, 0.2) is 28.3 Å². The minimum atomic E-state index is -0.438. The van der Waals surface area contributed by atoms with Crippen LogP contribution < -0.4 is 5.56 Å². The molecule has 0 spiro atoms. The van der Waals surface area contributed by atoms with Crippen molar-refractivity contribution < 1.29 is 10.0 Å². The number of nitrogens with zero attached hydrogens (tertiary/aromatic N) is 2. The largest absolute Gasteiger partial charge is 0.411 e. The number of hydrogen-bond acceptors (Lipinski definition) is 4. The maximum Gasteiger partial charge on any atom is 0.250 e. The minimum absolute atomic E-state index is 0.0173. The van der Waals surface area contributed by atoms with Gasteiger partial charge in [-0.3, -0.25) is 9.59 Å². The van der Waals surface area contributed by atoms with E-state index in [1.54, 1.807) is 0 Å². The Morgan fingerprint density at radius 3 is 2.73 bits per heavy atom. The number of carbonyl (C=O) groups excluding carboxylic acids is 1. The van der Waals surface area contributed by atoms with E-state index in [0.29, 0.717) is 5.56 Å². The molecule has 1 aromatic heterocycles. The van der Waals surface area contributed by atoms with Crippen LogP contribution in [0.3, 0.4) is 0 Å². The van der Waals surface area contributed by atoms with Gasteiger partial charge in [-0.1, -0.05) is 5.16 Å². The average Bonchev–Trinajstić information content (AvgIpc) is 2.18. The molecule has 15 heavy (non-hydrogen) atoms. The number of aromatic nitrogens is 1. The predicted molar refractivity (Wildman–Crippen MR) is 55.7 cm³/mol. The van der Waals surface area contributed by atoms with Gasteiger partial charge in [-0.05, 0) is 19.9 Å². The van der Waals surface area contributed by atoms with Crippen molar-refractivity contribution in [2.24, 2.45) is 5.16 Å². The van der Waals surface area contributed by atoms with Crippen molar-refractivity contribution in [1.29, 1.82) is 0 Å². The summed E-state index contributed by atoms with van der Waals surface area (Å²) in [4.78, 5) is 22.7. The van der Waals surface area contributed by atoms with Gasteiger partial charge in [0.1, 0.15) is 6.21 Å². The van der Waals surface area contributed by atoms with Gasteiger partial charge in [-0.2, -0.15) is 0 Å². The van der Waals surface area contributed by atoms with Crippen molar-refractivity contribution >= 4 is 12.0 Å². The van der Waals surface area contributed by atoms with Gasteiger partial charge in [-0.25, -0.2) is 0 Å². The fraction of sp³-hybridized carbons (Fsp3) is 0.300. The zero-order valence-corrected chi connectivity index (χ0v) is 8.54. The Kier molecular flexibility index (Phi) is 3.38. The summed E-state index contributed by atoms with van der Waals surface area (Å²) in [7, 11) is 0. The number of hydrogen-bond donors (Lipinski definition) is 1. The van der Waals surface area contributed by atoms with Crippen molar-refractivity contribution in [1.82, 2.24) is 4.57 Å². The molecule has 0 aromatic carbocycles. The summed E-state index contributed by atoms with van der Waals surface area (Å²) in [5.41, 5.74) is 0.156. The van der Waals surface area contributed by atoms with Crippen molar-refractivity contribution in [3.63, 3.8) is 0 Å². The normalized spacial score (nSPS) is 11.1. The van der Waals surface area contributed by atoms with E-state index in [-0.39, 0.29) is 11.6 Å². The molecule has 0 saturated heterocycles. The van der Waals surface area contributed by atoms with Gasteiger partial charge in [-0.15, -0.1) is 0 Å². The maximum absolute atomic E-state index is 11.4. The highest BCUT2D eigenvalue weighted by Gasteiger charge is 2.07. The molecular formula is C10H12N2O3. The third kappa shape index (κ3) is 2.52. The SMILES string of the molecule is CC(C)n1cc(C(=O)/C=N\O)ccc1=O. The molecule has 80 valence electrons. The smallest absolute Gasteiger partial charge is 0.250 e. The van der Waals surface area contributed by atoms with Crippen molar-refractivity contribution in [2.75, 3.05) is 0 Å². The van der Waals surface area contributed by atoms with Crippen LogP contribution in [-0.2, 0) is 0 Å². The lowest BCUT2D eigenvalue weighted by Gasteiger charge is -2.09. The highest BCUT2D eigenvalue weighted by atomic mass is 16.4. The quantitative estimate of drug-likeness (QED) is 0.349. The molecule has 5 nitrogen and oxygen atoms in total. The van der Waals surface area contributed by atoms with Crippen LogP contribution in [-0.4, -0.2) is 21.8 Å². The summed E-state index contributed by atoms with van der Waals surface area (Å²) in [6, 6.07) is 2.71. The van der Waals surface area contributed by atoms with Crippen molar-refractivity contribution in [3.8, 4) is 0 Å². The fourth-order valence-electron chi connectivity index (χ4n) is 1.18. The molecule has 0 aliphatic heterocycles. The molecular weight excluding hydrogens is 196 g/mol. The Hall–Kier alpha value is -1.91. The molecule has 1 rings (SSSR count). The van der Waals surface area contributed by atoms with E-state index in [1.165, 1.54) is 22.9 Å². The number of Topliss-reactive ketones (excluding diaryl/α,β-unsaturated/α-hetero) is 1. The van der Waals surface area contributed by atoms with Crippen LogP contribution in [0.1, 0.15) is 30.2 Å². The molecule has 0 amide bonds. The molecule has 0 fully saturated rings. The van der Waals surface area contributed by atoms with E-state index in [9.17, 15) is 9.59 Å². The van der Waals surface area contributed by atoms with Crippen LogP contribution in [0.4, 0.5) is 0 Å². The first-order valence-electron chi connectivity index (χ1n) is 4.50. The van der Waals surface area contributed by atoms with Gasteiger partial charge in [0.15, 0.2) is 0 Å². The van der Waals surface area contributed by atoms with Gasteiger partial charge >= 0.3 is 0 Å². The standard InChI is InChI=1S/C10H12N2O3/c1-7(2)12-6-8(3-4-10(12)14)9(13)5-11-15/h3-7,15H,1-2H3/b11-5-. The van der Waals surface area contributed by atoms with Crippen LogP contribution in [0.25, 0.3) is 0 Å². The average molecular weight is 208 g/mol. The molecule has 0 aliphatic rings. The Balaban J connectivity index is 3.19. The number of rotatable bonds is 3. The number of oxime groups is 1. The third-order valence-electron chi connectivity index (χ3n) is 1.95. The Labute approximate surface area is 86.7 Å². The lowest BCUT2D eigenvalue weighted by Crippen LogP contribution is -2.21. The molecule has 1 aromatic rings. The highest BCUT2D eigenvalue weighted by Crippen LogP contribution is 2.03. The van der Waals surface area contributed by atoms with Crippen LogP contribution in [0, 0.1) is 0 Å². The molecule has 0 bridgehead atoms. The van der Waals surface area contributed by atoms with Gasteiger partial charge < -0.3 is 9.77 Å². The second-order valence-electron chi connectivity index (χ2n) is 3.37. The molecule has 0 aliphatic carbocycles. The van der Waals surface area contributed by atoms with Crippen LogP contribution >= 0.6 is 0 Å². The minimum Gasteiger partial charge on any atom is -0.411 e. The predicted octanol–water partition coefficient (Wildman–Crippen LogP) is 1.07. The van der Waals surface area contributed by atoms with Crippen molar-refractivity contribution in [2.45, 2.75) is 19.9 Å². The highest BCUT2D eigenvalue weighted by molar-refractivity contribution is 6.35. The summed E-state index contributed by atoms with van der Waals surface area (Å²) < 4.78 is 1.44. The topological polar surface area (TPSA) is 71.7 Å². The third-order valence-corrected chi connectivity index (χ3v) is 1.95. The van der Waals surface area contributed by atoms with Gasteiger partial charge in [0.05, 0.1) is 0 Å². The maximum atomic E-state index is 11.4. The summed E-state index contributed by atoms with van der Waals surface area (Å²) in [5, 5.41) is 10.9. The summed E-state index contributed by atoms with van der Waals surface area (Å²) in [5.74, 6) is -0.438. The molecule has 1 heterocycles. The van der Waals surface area contributed by atoms with Crippen LogP contribution in [0.2, 0.25) is 0 Å². The van der Waals surface area contributed by atoms with Gasteiger partial charge in [0.2, 0.25) is 5.78 Å². The van der Waals surface area contributed by atoms with E-state index in [4.69, 9.17) is 5.21 Å². The number of ketones is 1. The van der Waals surface area contributed by atoms with Gasteiger partial charge in [0.25, 0.3) is 5.56 Å². The van der Waals surface area contributed by atoms with E-state index < -0.39 is 5.78 Å². The van der Waals surface area contributed by atoms with Crippen molar-refractivity contribution in [3.05, 3.63) is 34.2 Å². The molecule has 5 heteroatoms. The molecule has 0 atom stereocenters. The number of carbonyl (C=O) groups is 1. The second kappa shape index (κ2) is 4.54. The Morgan fingerprint density at radius 2 is 2.20 bits per heavy atom. The van der Waals surface area contributed by atoms with E-state index >= 15 is 0 Å². The van der Waals surface area contributed by atoms with E-state index in [2.05, 4.69) is 5.16 Å². The Bertz CT molecular complexity index is 446. The van der Waals surface area contributed by atoms with E-state index in [0.717, 1.165) is 6.21 Å². The monoisotopic (exact) mass is 208 g/mol. The first-order chi connectivity index (χ1) is 7.06. The zero-order valence-electron chi connectivity index (χ0n) is 8.54. The zero-order chi connectivity index (χ0) is 11.4. The number of pyridine rings is 1. The summed E-state index contributed by atoms with van der Waals surface area (Å²) >= 11 is 0. The lowest BCUT2D eigenvalue weighted by atomic mass is 10.2. The molecule has 1 N–H and O–H groups in total. The first kappa shape index (κ1) is 11.2.